The predicted molar refractivity (Wildman–Crippen MR) is 87.1 cm³/mol. The van der Waals surface area contributed by atoms with Crippen LogP contribution in [0.25, 0.3) is 0 Å². The first-order chi connectivity index (χ1) is 9.11. The number of thioether (sulfide) groups is 2. The van der Waals surface area contributed by atoms with Crippen molar-refractivity contribution in [3.8, 4) is 0 Å². The molecular formula is C13H18BrFN2S2. The summed E-state index contributed by atoms with van der Waals surface area (Å²) in [5, 5.41) is 0.963. The highest BCUT2D eigenvalue weighted by atomic mass is 79.9. The molecule has 1 saturated heterocycles. The molecule has 0 spiro atoms. The van der Waals surface area contributed by atoms with E-state index < -0.39 is 0 Å². The number of nitrogens with one attached hydrogen (secondary N) is 1. The van der Waals surface area contributed by atoms with Gasteiger partial charge in [0.15, 0.2) is 0 Å². The van der Waals surface area contributed by atoms with Crippen molar-refractivity contribution < 1.29 is 4.39 Å². The molecule has 0 aromatic heterocycles. The summed E-state index contributed by atoms with van der Waals surface area (Å²) in [4.78, 5) is 0. The van der Waals surface area contributed by atoms with Gasteiger partial charge in [0.1, 0.15) is 5.82 Å². The molecule has 3 atom stereocenters. The van der Waals surface area contributed by atoms with Gasteiger partial charge in [-0.05, 0) is 24.1 Å². The molecular weight excluding hydrogens is 347 g/mol. The van der Waals surface area contributed by atoms with Gasteiger partial charge in [-0.2, -0.15) is 23.5 Å². The minimum absolute atomic E-state index is 0.100. The average Bonchev–Trinajstić information content (AvgIpc) is 2.39. The summed E-state index contributed by atoms with van der Waals surface area (Å²) in [5.74, 6) is 7.85. The number of rotatable bonds is 4. The normalized spacial score (nSPS) is 25.3. The molecule has 19 heavy (non-hydrogen) atoms. The molecule has 0 saturated carbocycles. The zero-order valence-corrected chi connectivity index (χ0v) is 14.0. The Bertz CT molecular complexity index is 433. The van der Waals surface area contributed by atoms with Gasteiger partial charge >= 0.3 is 0 Å². The SMILES string of the molecule is CC1SCCSC1C(Cc1ccc(Br)cc1F)NN. The van der Waals surface area contributed by atoms with E-state index in [0.717, 1.165) is 15.8 Å². The van der Waals surface area contributed by atoms with Gasteiger partial charge in [0.2, 0.25) is 0 Å². The van der Waals surface area contributed by atoms with E-state index in [9.17, 15) is 4.39 Å². The van der Waals surface area contributed by atoms with Crippen molar-refractivity contribution >= 4 is 39.5 Å². The third-order valence-electron chi connectivity index (χ3n) is 3.30. The van der Waals surface area contributed by atoms with E-state index in [2.05, 4.69) is 28.3 Å². The lowest BCUT2D eigenvalue weighted by atomic mass is 10.0. The van der Waals surface area contributed by atoms with Gasteiger partial charge in [0.05, 0.1) is 0 Å². The Morgan fingerprint density at radius 3 is 2.84 bits per heavy atom. The number of nitrogens with two attached hydrogens (primary N) is 1. The van der Waals surface area contributed by atoms with E-state index in [-0.39, 0.29) is 11.9 Å². The maximum atomic E-state index is 13.9. The summed E-state index contributed by atoms with van der Waals surface area (Å²) >= 11 is 7.18. The van der Waals surface area contributed by atoms with Crippen molar-refractivity contribution in [3.05, 3.63) is 34.1 Å². The van der Waals surface area contributed by atoms with E-state index in [0.29, 0.717) is 16.9 Å². The minimum atomic E-state index is -0.171. The Labute approximate surface area is 130 Å². The molecule has 1 aromatic rings. The number of hydrogen-bond acceptors (Lipinski definition) is 4. The van der Waals surface area contributed by atoms with E-state index >= 15 is 0 Å². The van der Waals surface area contributed by atoms with Crippen molar-refractivity contribution in [1.82, 2.24) is 5.43 Å². The Balaban J connectivity index is 2.09. The molecule has 1 aromatic carbocycles. The van der Waals surface area contributed by atoms with Crippen molar-refractivity contribution in [2.45, 2.75) is 29.9 Å². The van der Waals surface area contributed by atoms with Gasteiger partial charge in [-0.25, -0.2) is 4.39 Å². The molecule has 0 amide bonds. The monoisotopic (exact) mass is 364 g/mol. The maximum Gasteiger partial charge on any atom is 0.127 e. The lowest BCUT2D eigenvalue weighted by Crippen LogP contribution is -2.48. The fourth-order valence-electron chi connectivity index (χ4n) is 2.29. The molecule has 6 heteroatoms. The van der Waals surface area contributed by atoms with Gasteiger partial charge in [-0.15, -0.1) is 0 Å². The maximum absolute atomic E-state index is 13.9. The Kier molecular flexibility index (Phi) is 6.02. The first kappa shape index (κ1) is 15.6. The molecule has 1 heterocycles. The van der Waals surface area contributed by atoms with Crippen LogP contribution in [0.1, 0.15) is 12.5 Å². The number of hydrogen-bond donors (Lipinski definition) is 2. The highest BCUT2D eigenvalue weighted by Crippen LogP contribution is 2.34. The fourth-order valence-corrected chi connectivity index (χ4v) is 5.56. The van der Waals surface area contributed by atoms with Crippen LogP contribution in [0.15, 0.2) is 22.7 Å². The molecule has 3 N–H and O–H groups in total. The lowest BCUT2D eigenvalue weighted by Gasteiger charge is -2.34. The van der Waals surface area contributed by atoms with Crippen LogP contribution in [0, 0.1) is 5.82 Å². The summed E-state index contributed by atoms with van der Waals surface area (Å²) in [6.45, 7) is 2.23. The van der Waals surface area contributed by atoms with Crippen molar-refractivity contribution in [1.29, 1.82) is 0 Å². The smallest absolute Gasteiger partial charge is 0.127 e. The van der Waals surface area contributed by atoms with Crippen LogP contribution in [0.2, 0.25) is 0 Å². The Hall–Kier alpha value is 0.250. The zero-order valence-electron chi connectivity index (χ0n) is 10.7. The largest absolute Gasteiger partial charge is 0.271 e. The molecule has 3 unspecified atom stereocenters. The van der Waals surface area contributed by atoms with Crippen LogP contribution in [0.3, 0.4) is 0 Å². The van der Waals surface area contributed by atoms with Crippen LogP contribution < -0.4 is 11.3 Å². The van der Waals surface area contributed by atoms with Gasteiger partial charge in [0, 0.05) is 32.5 Å². The third-order valence-corrected chi connectivity index (χ3v) is 7.05. The van der Waals surface area contributed by atoms with Crippen LogP contribution >= 0.6 is 39.5 Å². The van der Waals surface area contributed by atoms with Crippen molar-refractivity contribution in [2.75, 3.05) is 11.5 Å². The molecule has 1 fully saturated rings. The summed E-state index contributed by atoms with van der Waals surface area (Å²) < 4.78 is 14.7. The standard InChI is InChI=1S/C13H18BrFN2S2/c1-8-13(19-5-4-18-8)12(17-16)6-9-2-3-10(14)7-11(9)15/h2-3,7-8,12-13,17H,4-6,16H2,1H3. The molecule has 2 nitrogen and oxygen atoms in total. The molecule has 106 valence electrons. The molecule has 1 aliphatic heterocycles. The van der Waals surface area contributed by atoms with Crippen LogP contribution in [0.5, 0.6) is 0 Å². The van der Waals surface area contributed by atoms with Gasteiger partial charge in [-0.1, -0.05) is 28.9 Å². The van der Waals surface area contributed by atoms with Gasteiger partial charge in [0.25, 0.3) is 0 Å². The predicted octanol–water partition coefficient (Wildman–Crippen LogP) is 3.20. The summed E-state index contributed by atoms with van der Waals surface area (Å²) in [6.07, 6.45) is 0.623. The third kappa shape index (κ3) is 4.11. The summed E-state index contributed by atoms with van der Waals surface area (Å²) in [7, 11) is 0. The van der Waals surface area contributed by atoms with Crippen molar-refractivity contribution in [3.63, 3.8) is 0 Å². The van der Waals surface area contributed by atoms with E-state index in [1.165, 1.54) is 11.8 Å². The average molecular weight is 365 g/mol. The first-order valence-electron chi connectivity index (χ1n) is 6.25. The second-order valence-corrected chi connectivity index (χ2v) is 8.31. The fraction of sp³-hybridized carbons (Fsp3) is 0.538. The van der Waals surface area contributed by atoms with Crippen LogP contribution in [-0.4, -0.2) is 28.0 Å². The topological polar surface area (TPSA) is 38.0 Å². The molecule has 0 aliphatic carbocycles. The van der Waals surface area contributed by atoms with Gasteiger partial charge in [-0.3, -0.25) is 11.3 Å². The second-order valence-electron chi connectivity index (χ2n) is 4.62. The van der Waals surface area contributed by atoms with Crippen LogP contribution in [0.4, 0.5) is 4.39 Å². The van der Waals surface area contributed by atoms with E-state index in [1.54, 1.807) is 0 Å². The molecule has 0 radical (unpaired) electrons. The second kappa shape index (κ2) is 7.31. The Morgan fingerprint density at radius 1 is 1.47 bits per heavy atom. The van der Waals surface area contributed by atoms with E-state index in [1.807, 2.05) is 35.7 Å². The first-order valence-corrected chi connectivity index (χ1v) is 9.14. The lowest BCUT2D eigenvalue weighted by molar-refractivity contribution is 0.489. The summed E-state index contributed by atoms with van der Waals surface area (Å²) in [5.41, 5.74) is 3.60. The van der Waals surface area contributed by atoms with Crippen molar-refractivity contribution in [2.24, 2.45) is 5.84 Å². The highest BCUT2D eigenvalue weighted by molar-refractivity contribution is 9.10. The Morgan fingerprint density at radius 2 is 2.21 bits per heavy atom. The summed E-state index contributed by atoms with van der Waals surface area (Å²) in [6, 6.07) is 5.31. The quantitative estimate of drug-likeness (QED) is 0.635. The molecule has 0 bridgehead atoms. The number of benzene rings is 1. The van der Waals surface area contributed by atoms with Crippen LogP contribution in [-0.2, 0) is 6.42 Å². The zero-order chi connectivity index (χ0) is 13.8. The highest BCUT2D eigenvalue weighted by Gasteiger charge is 2.30. The number of halogens is 2. The molecule has 2 rings (SSSR count). The van der Waals surface area contributed by atoms with Gasteiger partial charge < -0.3 is 0 Å². The number of hydrazine groups is 1. The van der Waals surface area contributed by atoms with E-state index in [4.69, 9.17) is 5.84 Å². The minimum Gasteiger partial charge on any atom is -0.271 e. The molecule has 1 aliphatic rings.